The molecule has 0 aromatic heterocycles. The quantitative estimate of drug-likeness (QED) is 0.493. The third-order valence-electron chi connectivity index (χ3n) is 0.658. The smallest absolute Gasteiger partial charge is 0.282 e. The molecule has 0 atom stereocenters. The number of rotatable bonds is 1. The summed E-state index contributed by atoms with van der Waals surface area (Å²) in [5, 5.41) is 6.40. The molecule has 0 spiro atoms. The third-order valence-corrected chi connectivity index (χ3v) is 0.658. The Hall–Kier alpha value is -0.470. The van der Waals surface area contributed by atoms with E-state index in [0.29, 0.717) is 6.92 Å². The van der Waals surface area contributed by atoms with Crippen molar-refractivity contribution >= 4 is 5.71 Å². The van der Waals surface area contributed by atoms with Crippen molar-refractivity contribution in [2.45, 2.75) is 19.8 Å². The molecule has 0 aromatic rings. The van der Waals surface area contributed by atoms with Gasteiger partial charge in [0.2, 0.25) is 0 Å². The maximum Gasteiger partial charge on any atom is 0.282 e. The number of nitrogens with one attached hydrogen (secondary N) is 1. The Morgan fingerprint density at radius 1 is 1.57 bits per heavy atom. The fourth-order valence-electron chi connectivity index (χ4n) is 0. The summed E-state index contributed by atoms with van der Waals surface area (Å²) in [5.41, 5.74) is -0.590. The maximum atomic E-state index is 11.6. The van der Waals surface area contributed by atoms with Crippen LogP contribution < -0.4 is 0 Å². The van der Waals surface area contributed by atoms with Crippen LogP contribution in [-0.2, 0) is 0 Å². The van der Waals surface area contributed by atoms with Crippen molar-refractivity contribution in [3.05, 3.63) is 0 Å². The van der Waals surface area contributed by atoms with Gasteiger partial charge in [-0.3, -0.25) is 0 Å². The van der Waals surface area contributed by atoms with Gasteiger partial charge in [-0.15, -0.1) is 0 Å². The lowest BCUT2D eigenvalue weighted by Crippen LogP contribution is -2.19. The molecule has 3 heteroatoms. The summed E-state index contributed by atoms with van der Waals surface area (Å²) >= 11 is 0. The van der Waals surface area contributed by atoms with Crippen molar-refractivity contribution in [2.75, 3.05) is 0 Å². The third kappa shape index (κ3) is 2.25. The molecule has 0 unspecified atom stereocenters. The highest BCUT2D eigenvalue weighted by atomic mass is 19.3. The van der Waals surface area contributed by atoms with Gasteiger partial charge in [-0.05, 0) is 6.92 Å². The molecule has 0 aromatic carbocycles. The first-order valence-corrected chi connectivity index (χ1v) is 1.88. The van der Waals surface area contributed by atoms with E-state index in [9.17, 15) is 8.78 Å². The molecule has 1 nitrogen and oxygen atoms in total. The van der Waals surface area contributed by atoms with Gasteiger partial charge in [-0.2, -0.15) is 0 Å². The molecule has 42 valence electrons. The molecule has 7 heavy (non-hydrogen) atoms. The topological polar surface area (TPSA) is 23.9 Å². The minimum atomic E-state index is -2.92. The monoisotopic (exact) mass is 107 g/mol. The molecule has 0 aliphatic rings. The van der Waals surface area contributed by atoms with Gasteiger partial charge in [0.05, 0.1) is 5.71 Å². The molecule has 0 saturated carbocycles. The van der Waals surface area contributed by atoms with Crippen LogP contribution in [0.4, 0.5) is 8.78 Å². The molecule has 0 saturated heterocycles. The molecule has 0 heterocycles. The normalized spacial score (nSPS) is 11.4. The summed E-state index contributed by atoms with van der Waals surface area (Å²) in [6.07, 6.45) is 0. The van der Waals surface area contributed by atoms with E-state index < -0.39 is 11.6 Å². The van der Waals surface area contributed by atoms with Crippen molar-refractivity contribution in [2.24, 2.45) is 0 Å². The predicted molar refractivity (Wildman–Crippen MR) is 24.0 cm³/mol. The SMILES string of the molecule is CC(=N)C(C)(F)F. The van der Waals surface area contributed by atoms with Crippen LogP contribution in [0.1, 0.15) is 13.8 Å². The van der Waals surface area contributed by atoms with Crippen LogP contribution in [0.2, 0.25) is 0 Å². The van der Waals surface area contributed by atoms with Gasteiger partial charge in [-0.25, -0.2) is 8.78 Å². The fourth-order valence-corrected chi connectivity index (χ4v) is 0. The summed E-state index contributed by atoms with van der Waals surface area (Å²) in [6, 6.07) is 0. The summed E-state index contributed by atoms with van der Waals surface area (Å²) in [5.74, 6) is -2.92. The summed E-state index contributed by atoms with van der Waals surface area (Å²) in [6.45, 7) is 1.79. The van der Waals surface area contributed by atoms with Crippen LogP contribution in [0.25, 0.3) is 0 Å². The van der Waals surface area contributed by atoms with E-state index in [-0.39, 0.29) is 0 Å². The second-order valence-electron chi connectivity index (χ2n) is 1.51. The van der Waals surface area contributed by atoms with Crippen molar-refractivity contribution < 1.29 is 8.78 Å². The van der Waals surface area contributed by atoms with Crippen molar-refractivity contribution in [3.63, 3.8) is 0 Å². The zero-order chi connectivity index (χ0) is 6.08. The molecule has 0 fully saturated rings. The Balaban J connectivity index is 3.79. The first kappa shape index (κ1) is 6.53. The highest BCUT2D eigenvalue weighted by molar-refractivity contribution is 5.85. The van der Waals surface area contributed by atoms with Crippen LogP contribution in [0.15, 0.2) is 0 Å². The Morgan fingerprint density at radius 2 is 1.71 bits per heavy atom. The summed E-state index contributed by atoms with van der Waals surface area (Å²) < 4.78 is 23.2. The zero-order valence-corrected chi connectivity index (χ0v) is 4.26. The lowest BCUT2D eigenvalue weighted by Gasteiger charge is -2.04. The van der Waals surface area contributed by atoms with Gasteiger partial charge in [-0.1, -0.05) is 0 Å². The molecule has 1 N–H and O–H groups in total. The minimum Gasteiger partial charge on any atom is -0.304 e. The van der Waals surface area contributed by atoms with Crippen LogP contribution in [-0.4, -0.2) is 11.6 Å². The highest BCUT2D eigenvalue weighted by Crippen LogP contribution is 2.11. The minimum absolute atomic E-state index is 0.590. The van der Waals surface area contributed by atoms with Gasteiger partial charge < -0.3 is 5.41 Å². The molecule has 0 rings (SSSR count). The van der Waals surface area contributed by atoms with Crippen LogP contribution in [0.5, 0.6) is 0 Å². The number of alkyl halides is 2. The second kappa shape index (κ2) is 1.56. The maximum absolute atomic E-state index is 11.6. The van der Waals surface area contributed by atoms with Gasteiger partial charge in [0.1, 0.15) is 0 Å². The first-order chi connectivity index (χ1) is 2.94. The van der Waals surface area contributed by atoms with Gasteiger partial charge in [0.15, 0.2) is 0 Å². The number of halogens is 2. The van der Waals surface area contributed by atoms with Gasteiger partial charge >= 0.3 is 0 Å². The molecule has 0 aliphatic heterocycles. The fraction of sp³-hybridized carbons (Fsp3) is 0.750. The largest absolute Gasteiger partial charge is 0.304 e. The van der Waals surface area contributed by atoms with Crippen molar-refractivity contribution in [1.29, 1.82) is 5.41 Å². The lowest BCUT2D eigenvalue weighted by molar-refractivity contribution is 0.0988. The Morgan fingerprint density at radius 3 is 1.71 bits per heavy atom. The Kier molecular flexibility index (Phi) is 1.45. The zero-order valence-electron chi connectivity index (χ0n) is 4.26. The number of hydrogen-bond donors (Lipinski definition) is 1. The van der Waals surface area contributed by atoms with Crippen molar-refractivity contribution in [3.8, 4) is 0 Å². The average molecular weight is 107 g/mol. The predicted octanol–water partition coefficient (Wildman–Crippen LogP) is 1.68. The average Bonchev–Trinajstić information content (AvgIpc) is 1.31. The first-order valence-electron chi connectivity index (χ1n) is 1.88. The van der Waals surface area contributed by atoms with E-state index in [1.807, 2.05) is 0 Å². The molecule has 0 aliphatic carbocycles. The Labute approximate surface area is 40.9 Å². The van der Waals surface area contributed by atoms with Crippen LogP contribution in [0, 0.1) is 5.41 Å². The standard InChI is InChI=1S/C4H7F2N/c1-3(7)4(2,5)6/h7H,1-2H3. The van der Waals surface area contributed by atoms with Crippen LogP contribution >= 0.6 is 0 Å². The lowest BCUT2D eigenvalue weighted by atomic mass is 10.3. The van der Waals surface area contributed by atoms with E-state index in [1.165, 1.54) is 0 Å². The molecule has 0 amide bonds. The highest BCUT2D eigenvalue weighted by Gasteiger charge is 2.23. The summed E-state index contributed by atoms with van der Waals surface area (Å²) in [7, 11) is 0. The van der Waals surface area contributed by atoms with Crippen molar-refractivity contribution in [1.82, 2.24) is 0 Å². The van der Waals surface area contributed by atoms with Gasteiger partial charge in [0, 0.05) is 6.92 Å². The molecule has 0 radical (unpaired) electrons. The van der Waals surface area contributed by atoms with E-state index in [2.05, 4.69) is 0 Å². The molecular weight excluding hydrogens is 100 g/mol. The van der Waals surface area contributed by atoms with Gasteiger partial charge in [0.25, 0.3) is 5.92 Å². The molecular formula is C4H7F2N. The van der Waals surface area contributed by atoms with E-state index in [4.69, 9.17) is 5.41 Å². The Bertz CT molecular complexity index is 82.2. The number of hydrogen-bond acceptors (Lipinski definition) is 1. The van der Waals surface area contributed by atoms with E-state index in [1.54, 1.807) is 0 Å². The van der Waals surface area contributed by atoms with E-state index >= 15 is 0 Å². The second-order valence-corrected chi connectivity index (χ2v) is 1.51. The van der Waals surface area contributed by atoms with E-state index in [0.717, 1.165) is 6.92 Å². The summed E-state index contributed by atoms with van der Waals surface area (Å²) in [4.78, 5) is 0. The van der Waals surface area contributed by atoms with Crippen LogP contribution in [0.3, 0.4) is 0 Å². The molecule has 0 bridgehead atoms.